The maximum Gasteiger partial charge on any atom is 0.242 e. The number of benzene rings is 3. The highest BCUT2D eigenvalue weighted by molar-refractivity contribution is 9.10. The van der Waals surface area contributed by atoms with Crippen LogP contribution in [0.25, 0.3) is 0 Å². The molecule has 3 aromatic rings. The van der Waals surface area contributed by atoms with E-state index in [1.165, 1.54) is 0 Å². The Morgan fingerprint density at radius 2 is 1.79 bits per heavy atom. The standard InChI is InChI=1S/C27H26BrN3O3/c1-33-22-10-7-20(8-11-22)27-29-24-12-9-21(28)17-23(24)26(19-5-3-2-4-6-19)31(27)18-25(32)30-13-15-34-16-14-30/h2-12,17,26H,13-16,18H2,1H3. The number of amides is 1. The van der Waals surface area contributed by atoms with Crippen molar-refractivity contribution in [2.24, 2.45) is 4.99 Å². The SMILES string of the molecule is COc1ccc(C2=Nc3ccc(Br)cc3C(c3ccccc3)N2CC(=O)N2CCOCC2)cc1. The van der Waals surface area contributed by atoms with Gasteiger partial charge in [0.05, 0.1) is 38.6 Å². The molecule has 1 saturated heterocycles. The van der Waals surface area contributed by atoms with Crippen molar-refractivity contribution in [3.05, 3.63) is 94.0 Å². The summed E-state index contributed by atoms with van der Waals surface area (Å²) < 4.78 is 11.8. The average molecular weight is 520 g/mol. The van der Waals surface area contributed by atoms with E-state index in [1.807, 2.05) is 59.5 Å². The van der Waals surface area contributed by atoms with Crippen molar-refractivity contribution >= 4 is 33.4 Å². The van der Waals surface area contributed by atoms with E-state index in [4.69, 9.17) is 14.5 Å². The zero-order valence-corrected chi connectivity index (χ0v) is 20.6. The van der Waals surface area contributed by atoms with Crippen LogP contribution in [0.5, 0.6) is 5.75 Å². The first-order chi connectivity index (χ1) is 16.6. The van der Waals surface area contributed by atoms with Gasteiger partial charge >= 0.3 is 0 Å². The van der Waals surface area contributed by atoms with E-state index in [9.17, 15) is 4.79 Å². The molecule has 6 nitrogen and oxygen atoms in total. The van der Waals surface area contributed by atoms with Crippen LogP contribution in [0.2, 0.25) is 0 Å². The Labute approximate surface area is 207 Å². The van der Waals surface area contributed by atoms with Crippen LogP contribution in [-0.2, 0) is 9.53 Å². The summed E-state index contributed by atoms with van der Waals surface area (Å²) in [5, 5.41) is 0. The Kier molecular flexibility index (Phi) is 6.65. The Morgan fingerprint density at radius 3 is 2.50 bits per heavy atom. The molecule has 1 unspecified atom stereocenters. The minimum atomic E-state index is -0.159. The highest BCUT2D eigenvalue weighted by atomic mass is 79.9. The van der Waals surface area contributed by atoms with E-state index in [0.717, 1.165) is 38.4 Å². The molecule has 0 radical (unpaired) electrons. The van der Waals surface area contributed by atoms with Crippen LogP contribution in [0.1, 0.15) is 22.7 Å². The number of methoxy groups -OCH3 is 1. The number of ether oxygens (including phenoxy) is 2. The number of nitrogens with zero attached hydrogens (tertiary/aromatic N) is 3. The zero-order valence-electron chi connectivity index (χ0n) is 19.0. The van der Waals surface area contributed by atoms with Gasteiger partial charge in [0.15, 0.2) is 0 Å². The molecular formula is C27H26BrN3O3. The number of halogens is 1. The molecule has 3 aromatic carbocycles. The van der Waals surface area contributed by atoms with Gasteiger partial charge in [0.1, 0.15) is 11.6 Å². The lowest BCUT2D eigenvalue weighted by Crippen LogP contribution is -2.49. The molecule has 1 fully saturated rings. The predicted molar refractivity (Wildman–Crippen MR) is 136 cm³/mol. The lowest BCUT2D eigenvalue weighted by Gasteiger charge is -2.40. The van der Waals surface area contributed by atoms with Gasteiger partial charge in [0.25, 0.3) is 0 Å². The van der Waals surface area contributed by atoms with Crippen molar-refractivity contribution in [1.29, 1.82) is 0 Å². The van der Waals surface area contributed by atoms with Crippen molar-refractivity contribution < 1.29 is 14.3 Å². The quantitative estimate of drug-likeness (QED) is 0.485. The molecule has 0 aliphatic carbocycles. The van der Waals surface area contributed by atoms with Crippen LogP contribution < -0.4 is 4.74 Å². The van der Waals surface area contributed by atoms with E-state index in [2.05, 4.69) is 39.0 Å². The van der Waals surface area contributed by atoms with Crippen LogP contribution in [0, 0.1) is 0 Å². The highest BCUT2D eigenvalue weighted by Gasteiger charge is 2.34. The first kappa shape index (κ1) is 22.6. The minimum Gasteiger partial charge on any atom is -0.497 e. The van der Waals surface area contributed by atoms with E-state index in [1.54, 1.807) is 7.11 Å². The molecule has 5 rings (SSSR count). The normalized spacial score (nSPS) is 17.7. The van der Waals surface area contributed by atoms with E-state index < -0.39 is 0 Å². The number of hydrogen-bond donors (Lipinski definition) is 0. The Hall–Kier alpha value is -3.16. The molecular weight excluding hydrogens is 494 g/mol. The number of carbonyl (C=O) groups excluding carboxylic acids is 1. The molecule has 1 amide bonds. The largest absolute Gasteiger partial charge is 0.497 e. The van der Waals surface area contributed by atoms with Gasteiger partial charge in [0, 0.05) is 28.7 Å². The summed E-state index contributed by atoms with van der Waals surface area (Å²) in [7, 11) is 1.65. The van der Waals surface area contributed by atoms with Crippen molar-refractivity contribution in [3.63, 3.8) is 0 Å². The summed E-state index contributed by atoms with van der Waals surface area (Å²) >= 11 is 3.63. The Balaban J connectivity index is 1.63. The zero-order chi connectivity index (χ0) is 23.5. The van der Waals surface area contributed by atoms with Crippen LogP contribution in [0.4, 0.5) is 5.69 Å². The maximum absolute atomic E-state index is 13.4. The Morgan fingerprint density at radius 1 is 1.06 bits per heavy atom. The lowest BCUT2D eigenvalue weighted by atomic mass is 9.92. The third-order valence-corrected chi connectivity index (χ3v) is 6.72. The minimum absolute atomic E-state index is 0.0730. The fourth-order valence-corrected chi connectivity index (χ4v) is 4.88. The van der Waals surface area contributed by atoms with Crippen LogP contribution in [0.3, 0.4) is 0 Å². The van der Waals surface area contributed by atoms with Gasteiger partial charge in [-0.2, -0.15) is 0 Å². The van der Waals surface area contributed by atoms with Gasteiger partial charge in [0.2, 0.25) is 5.91 Å². The van der Waals surface area contributed by atoms with Gasteiger partial charge < -0.3 is 19.3 Å². The summed E-state index contributed by atoms with van der Waals surface area (Å²) in [6.45, 7) is 2.59. The molecule has 34 heavy (non-hydrogen) atoms. The third kappa shape index (κ3) is 4.58. The molecule has 174 valence electrons. The monoisotopic (exact) mass is 519 g/mol. The molecule has 0 bridgehead atoms. The van der Waals surface area contributed by atoms with Crippen LogP contribution in [0.15, 0.2) is 82.3 Å². The van der Waals surface area contributed by atoms with E-state index in [0.29, 0.717) is 26.3 Å². The topological polar surface area (TPSA) is 54.4 Å². The molecule has 2 aliphatic rings. The Bertz CT molecular complexity index is 1190. The predicted octanol–water partition coefficient (Wildman–Crippen LogP) is 4.80. The summed E-state index contributed by atoms with van der Waals surface area (Å²) in [4.78, 5) is 22.5. The number of fused-ring (bicyclic) bond motifs is 1. The number of rotatable bonds is 5. The van der Waals surface area contributed by atoms with Crippen molar-refractivity contribution in [2.75, 3.05) is 40.0 Å². The molecule has 2 heterocycles. The summed E-state index contributed by atoms with van der Waals surface area (Å²) in [5.74, 6) is 1.62. The van der Waals surface area contributed by atoms with Crippen LogP contribution in [-0.4, -0.2) is 61.5 Å². The van der Waals surface area contributed by atoms with Gasteiger partial charge in [-0.25, -0.2) is 4.99 Å². The summed E-state index contributed by atoms with van der Waals surface area (Å²) in [6.07, 6.45) is 0. The molecule has 2 aliphatic heterocycles. The molecule has 0 saturated carbocycles. The number of hydrogen-bond acceptors (Lipinski definition) is 5. The molecule has 0 spiro atoms. The first-order valence-electron chi connectivity index (χ1n) is 11.3. The second-order valence-electron chi connectivity index (χ2n) is 8.30. The number of carbonyl (C=O) groups is 1. The summed E-state index contributed by atoms with van der Waals surface area (Å²) in [5.41, 5.74) is 4.01. The fourth-order valence-electron chi connectivity index (χ4n) is 4.50. The summed E-state index contributed by atoms with van der Waals surface area (Å²) in [6, 6.07) is 24.1. The van der Waals surface area contributed by atoms with Gasteiger partial charge in [-0.15, -0.1) is 0 Å². The second kappa shape index (κ2) is 9.99. The fraction of sp³-hybridized carbons (Fsp3) is 0.259. The third-order valence-electron chi connectivity index (χ3n) is 6.23. The molecule has 0 aromatic heterocycles. The lowest BCUT2D eigenvalue weighted by molar-refractivity contribution is -0.135. The van der Waals surface area contributed by atoms with Gasteiger partial charge in [-0.1, -0.05) is 46.3 Å². The number of amidine groups is 1. The smallest absolute Gasteiger partial charge is 0.242 e. The maximum atomic E-state index is 13.4. The van der Waals surface area contributed by atoms with Crippen molar-refractivity contribution in [3.8, 4) is 5.75 Å². The first-order valence-corrected chi connectivity index (χ1v) is 12.1. The van der Waals surface area contributed by atoms with Crippen LogP contribution >= 0.6 is 15.9 Å². The number of morpholine rings is 1. The van der Waals surface area contributed by atoms with Gasteiger partial charge in [-0.05, 0) is 48.0 Å². The highest BCUT2D eigenvalue weighted by Crippen LogP contribution is 2.41. The van der Waals surface area contributed by atoms with Crippen molar-refractivity contribution in [1.82, 2.24) is 9.80 Å². The van der Waals surface area contributed by atoms with Crippen molar-refractivity contribution in [2.45, 2.75) is 6.04 Å². The second-order valence-corrected chi connectivity index (χ2v) is 9.22. The molecule has 1 atom stereocenters. The molecule has 7 heteroatoms. The average Bonchev–Trinajstić information content (AvgIpc) is 2.89. The van der Waals surface area contributed by atoms with E-state index in [-0.39, 0.29) is 18.5 Å². The molecule has 0 N–H and O–H groups in total. The van der Waals surface area contributed by atoms with E-state index >= 15 is 0 Å². The number of aliphatic imine (C=N–C) groups is 1. The van der Waals surface area contributed by atoms with Gasteiger partial charge in [-0.3, -0.25) is 4.79 Å².